The number of rotatable bonds is 3. The Hall–Kier alpha value is -1.40. The molecule has 2 aromatic carbocycles. The maximum absolute atomic E-state index is 12.4. The van der Waals surface area contributed by atoms with Crippen molar-refractivity contribution in [3.63, 3.8) is 0 Å². The summed E-state index contributed by atoms with van der Waals surface area (Å²) in [4.78, 5) is 12.4. The van der Waals surface area contributed by atoms with Gasteiger partial charge in [-0.1, -0.05) is 83.3 Å². The maximum atomic E-state index is 12.4. The van der Waals surface area contributed by atoms with Crippen molar-refractivity contribution in [1.82, 2.24) is 0 Å². The van der Waals surface area contributed by atoms with Crippen LogP contribution in [0.2, 0.25) is 0 Å². The lowest BCUT2D eigenvalue weighted by atomic mass is 9.77. The van der Waals surface area contributed by atoms with Gasteiger partial charge in [0.05, 0.1) is 5.92 Å². The lowest BCUT2D eigenvalue weighted by molar-refractivity contribution is -0.155. The first-order valence-corrected chi connectivity index (χ1v) is 8.30. The van der Waals surface area contributed by atoms with E-state index in [0.717, 1.165) is 5.56 Å². The topological polar surface area (TPSA) is 46.5 Å². The molecule has 0 spiro atoms. The molecule has 108 valence electrons. The lowest BCUT2D eigenvalue weighted by Gasteiger charge is -2.28. The van der Waals surface area contributed by atoms with Crippen molar-refractivity contribution in [2.45, 2.75) is 17.6 Å². The number of carbonyl (C=O) groups is 1. The zero-order valence-corrected chi connectivity index (χ0v) is 13.4. The van der Waals surface area contributed by atoms with Gasteiger partial charge in [-0.25, -0.2) is 4.79 Å². The molecule has 0 saturated carbocycles. The number of esters is 1. The fourth-order valence-electron chi connectivity index (χ4n) is 2.92. The van der Waals surface area contributed by atoms with Crippen LogP contribution in [0.25, 0.3) is 0 Å². The molecule has 1 saturated heterocycles. The lowest BCUT2D eigenvalue weighted by Crippen LogP contribution is -2.38. The van der Waals surface area contributed by atoms with Crippen LogP contribution in [0.3, 0.4) is 0 Å². The minimum atomic E-state index is -1.63. The number of halogens is 1. The van der Waals surface area contributed by atoms with Gasteiger partial charge in [0.2, 0.25) is 0 Å². The first-order valence-electron chi connectivity index (χ1n) is 6.78. The van der Waals surface area contributed by atoms with E-state index in [-0.39, 0.29) is 6.10 Å². The third kappa shape index (κ3) is 2.36. The number of hydrogen-bond donors (Lipinski definition) is 1. The van der Waals surface area contributed by atoms with E-state index >= 15 is 0 Å². The molecule has 0 aromatic heterocycles. The molecule has 1 aliphatic heterocycles. The highest BCUT2D eigenvalue weighted by atomic mass is 127. The van der Waals surface area contributed by atoms with Gasteiger partial charge in [-0.2, -0.15) is 0 Å². The summed E-state index contributed by atoms with van der Waals surface area (Å²) in [7, 11) is 0. The Bertz CT molecular complexity index is 629. The molecule has 21 heavy (non-hydrogen) atoms. The molecule has 0 bridgehead atoms. The summed E-state index contributed by atoms with van der Waals surface area (Å²) in [6, 6.07) is 18.6. The van der Waals surface area contributed by atoms with Crippen LogP contribution >= 0.6 is 22.6 Å². The van der Waals surface area contributed by atoms with Gasteiger partial charge in [-0.3, -0.25) is 0 Å². The molecule has 1 heterocycles. The van der Waals surface area contributed by atoms with Crippen molar-refractivity contribution in [2.75, 3.05) is 4.43 Å². The van der Waals surface area contributed by atoms with Crippen LogP contribution in [0.1, 0.15) is 17.0 Å². The highest BCUT2D eigenvalue weighted by molar-refractivity contribution is 14.1. The standard InChI is InChI=1S/C17H15IO3/c18-11-14-15(12-7-3-1-4-8-12)17(20,16(19)21-14)13-9-5-2-6-10-13/h1-10,14-15,20H,11H2/t14-,15+,17+/m0/s1. The Morgan fingerprint density at radius 2 is 1.62 bits per heavy atom. The number of aliphatic hydroxyl groups is 1. The second kappa shape index (κ2) is 5.77. The number of benzene rings is 2. The summed E-state index contributed by atoms with van der Waals surface area (Å²) in [5.41, 5.74) is -0.133. The molecule has 3 atom stereocenters. The molecule has 0 unspecified atom stereocenters. The second-order valence-corrected chi connectivity index (χ2v) is 6.00. The number of cyclic esters (lactones) is 1. The summed E-state index contributed by atoms with van der Waals surface area (Å²) in [5, 5.41) is 11.2. The van der Waals surface area contributed by atoms with E-state index in [2.05, 4.69) is 22.6 Å². The third-order valence-electron chi connectivity index (χ3n) is 3.92. The van der Waals surface area contributed by atoms with E-state index in [1.54, 1.807) is 12.1 Å². The molecule has 1 aliphatic rings. The van der Waals surface area contributed by atoms with E-state index in [4.69, 9.17) is 4.74 Å². The first-order chi connectivity index (χ1) is 10.2. The molecule has 4 heteroatoms. The minimum Gasteiger partial charge on any atom is -0.458 e. The maximum Gasteiger partial charge on any atom is 0.343 e. The van der Waals surface area contributed by atoms with E-state index < -0.39 is 17.5 Å². The average molecular weight is 394 g/mol. The summed E-state index contributed by atoms with van der Waals surface area (Å²) >= 11 is 2.19. The minimum absolute atomic E-state index is 0.328. The average Bonchev–Trinajstić information content (AvgIpc) is 2.81. The quantitative estimate of drug-likeness (QED) is 0.495. The number of hydrogen-bond acceptors (Lipinski definition) is 3. The van der Waals surface area contributed by atoms with Gasteiger partial charge in [-0.15, -0.1) is 0 Å². The monoisotopic (exact) mass is 394 g/mol. The molecular formula is C17H15IO3. The predicted molar refractivity (Wildman–Crippen MR) is 88.3 cm³/mol. The molecular weight excluding hydrogens is 379 g/mol. The third-order valence-corrected chi connectivity index (χ3v) is 4.78. The first kappa shape index (κ1) is 14.5. The summed E-state index contributed by atoms with van der Waals surface area (Å²) < 4.78 is 6.09. The summed E-state index contributed by atoms with van der Waals surface area (Å²) in [6.07, 6.45) is -0.328. The van der Waals surface area contributed by atoms with Crippen molar-refractivity contribution in [3.05, 3.63) is 71.8 Å². The Morgan fingerprint density at radius 1 is 1.05 bits per heavy atom. The highest BCUT2D eigenvalue weighted by Gasteiger charge is 2.57. The van der Waals surface area contributed by atoms with Crippen LogP contribution in [0.4, 0.5) is 0 Å². The molecule has 1 fully saturated rings. The molecule has 3 rings (SSSR count). The normalized spacial score (nSPS) is 28.4. The van der Waals surface area contributed by atoms with E-state index in [1.807, 2.05) is 48.5 Å². The van der Waals surface area contributed by atoms with E-state index in [0.29, 0.717) is 9.99 Å². The van der Waals surface area contributed by atoms with Gasteiger partial charge >= 0.3 is 5.97 Å². The zero-order valence-electron chi connectivity index (χ0n) is 11.3. The van der Waals surface area contributed by atoms with Crippen LogP contribution in [0.5, 0.6) is 0 Å². The highest BCUT2D eigenvalue weighted by Crippen LogP contribution is 2.47. The number of carbonyl (C=O) groups excluding carboxylic acids is 1. The van der Waals surface area contributed by atoms with E-state index in [9.17, 15) is 9.90 Å². The van der Waals surface area contributed by atoms with Crippen LogP contribution in [0.15, 0.2) is 60.7 Å². The van der Waals surface area contributed by atoms with E-state index in [1.165, 1.54) is 0 Å². The van der Waals surface area contributed by atoms with Gasteiger partial charge in [0.1, 0.15) is 6.10 Å². The van der Waals surface area contributed by atoms with Crippen molar-refractivity contribution in [3.8, 4) is 0 Å². The molecule has 3 nitrogen and oxygen atoms in total. The Balaban J connectivity index is 2.14. The van der Waals surface area contributed by atoms with Crippen LogP contribution in [-0.4, -0.2) is 21.6 Å². The smallest absolute Gasteiger partial charge is 0.343 e. The summed E-state index contributed by atoms with van der Waals surface area (Å²) in [6.45, 7) is 0. The number of ether oxygens (including phenoxy) is 1. The largest absolute Gasteiger partial charge is 0.458 e. The van der Waals surface area contributed by atoms with Crippen molar-refractivity contribution in [2.24, 2.45) is 0 Å². The second-order valence-electron chi connectivity index (χ2n) is 5.12. The molecule has 0 radical (unpaired) electrons. The molecule has 0 aliphatic carbocycles. The predicted octanol–water partition coefficient (Wildman–Crippen LogP) is 3.02. The van der Waals surface area contributed by atoms with Crippen LogP contribution in [-0.2, 0) is 15.1 Å². The Labute approximate surface area is 137 Å². The van der Waals surface area contributed by atoms with Gasteiger partial charge in [0, 0.05) is 4.43 Å². The molecule has 1 N–H and O–H groups in total. The van der Waals surface area contributed by atoms with Gasteiger partial charge < -0.3 is 9.84 Å². The Morgan fingerprint density at radius 3 is 2.19 bits per heavy atom. The number of alkyl halides is 1. The van der Waals surface area contributed by atoms with Crippen molar-refractivity contribution >= 4 is 28.6 Å². The van der Waals surface area contributed by atoms with Crippen LogP contribution < -0.4 is 0 Å². The fourth-order valence-corrected chi connectivity index (χ4v) is 3.61. The van der Waals surface area contributed by atoms with Gasteiger partial charge in [-0.05, 0) is 11.1 Å². The molecule has 2 aromatic rings. The fraction of sp³-hybridized carbons (Fsp3) is 0.235. The summed E-state index contributed by atoms with van der Waals surface area (Å²) in [5.74, 6) is -0.963. The van der Waals surface area contributed by atoms with Crippen LogP contribution in [0, 0.1) is 0 Å². The van der Waals surface area contributed by atoms with Crippen molar-refractivity contribution in [1.29, 1.82) is 0 Å². The van der Waals surface area contributed by atoms with Gasteiger partial charge in [0.25, 0.3) is 0 Å². The van der Waals surface area contributed by atoms with Gasteiger partial charge in [0.15, 0.2) is 5.60 Å². The SMILES string of the molecule is O=C1O[C@@H](CI)[C@@H](c2ccccc2)[C@]1(O)c1ccccc1. The zero-order chi connectivity index (χ0) is 14.9. The Kier molecular flexibility index (Phi) is 3.99. The molecule has 0 amide bonds. The van der Waals surface area contributed by atoms with Crippen molar-refractivity contribution < 1.29 is 14.6 Å².